The lowest BCUT2D eigenvalue weighted by atomic mass is 10.0. The van der Waals surface area contributed by atoms with Gasteiger partial charge in [-0.3, -0.25) is 4.79 Å². The SMILES string of the molecule is O=C(OCc1ccc(Cl)s1)[C@@H]1CCCCN1C(=O)c1ccco1. The molecule has 0 bridgehead atoms. The molecule has 7 heteroatoms. The number of amides is 1. The fourth-order valence-electron chi connectivity index (χ4n) is 2.63. The number of esters is 1. The summed E-state index contributed by atoms with van der Waals surface area (Å²) in [6.45, 7) is 0.708. The van der Waals surface area contributed by atoms with Crippen LogP contribution in [-0.2, 0) is 16.1 Å². The van der Waals surface area contributed by atoms with E-state index in [1.807, 2.05) is 6.07 Å². The lowest BCUT2D eigenvalue weighted by molar-refractivity contribution is -0.151. The van der Waals surface area contributed by atoms with Gasteiger partial charge in [0.25, 0.3) is 5.91 Å². The molecule has 0 radical (unpaired) electrons. The van der Waals surface area contributed by atoms with Crippen LogP contribution in [0.25, 0.3) is 0 Å². The van der Waals surface area contributed by atoms with E-state index in [-0.39, 0.29) is 24.2 Å². The van der Waals surface area contributed by atoms with Crippen molar-refractivity contribution in [2.75, 3.05) is 6.54 Å². The van der Waals surface area contributed by atoms with Crippen molar-refractivity contribution >= 4 is 34.8 Å². The van der Waals surface area contributed by atoms with Crippen LogP contribution in [0.1, 0.15) is 34.7 Å². The highest BCUT2D eigenvalue weighted by molar-refractivity contribution is 7.16. The maximum atomic E-state index is 12.5. The van der Waals surface area contributed by atoms with Gasteiger partial charge in [0.2, 0.25) is 0 Å². The quantitative estimate of drug-likeness (QED) is 0.786. The number of piperidine rings is 1. The van der Waals surface area contributed by atoms with Gasteiger partial charge in [0, 0.05) is 11.4 Å². The summed E-state index contributed by atoms with van der Waals surface area (Å²) in [6, 6.07) is 6.30. The largest absolute Gasteiger partial charge is 0.459 e. The number of carbonyl (C=O) groups excluding carboxylic acids is 2. The highest BCUT2D eigenvalue weighted by Gasteiger charge is 2.34. The Balaban J connectivity index is 1.65. The van der Waals surface area contributed by atoms with Gasteiger partial charge in [-0.15, -0.1) is 11.3 Å². The van der Waals surface area contributed by atoms with Crippen molar-refractivity contribution in [1.29, 1.82) is 0 Å². The Hall–Kier alpha value is -1.79. The van der Waals surface area contributed by atoms with Crippen LogP contribution in [0, 0.1) is 0 Å². The zero-order valence-corrected chi connectivity index (χ0v) is 13.9. The summed E-state index contributed by atoms with van der Waals surface area (Å²) in [4.78, 5) is 27.3. The first kappa shape index (κ1) is 16.1. The maximum absolute atomic E-state index is 12.5. The van der Waals surface area contributed by atoms with Crippen LogP contribution in [0.15, 0.2) is 34.9 Å². The van der Waals surface area contributed by atoms with E-state index >= 15 is 0 Å². The molecule has 1 aliphatic heterocycles. The minimum absolute atomic E-state index is 0.176. The first-order chi connectivity index (χ1) is 11.1. The van der Waals surface area contributed by atoms with Crippen molar-refractivity contribution in [2.24, 2.45) is 0 Å². The van der Waals surface area contributed by atoms with Crippen molar-refractivity contribution in [3.05, 3.63) is 45.5 Å². The Morgan fingerprint density at radius 1 is 1.35 bits per heavy atom. The van der Waals surface area contributed by atoms with Crippen molar-refractivity contribution in [3.8, 4) is 0 Å². The highest BCUT2D eigenvalue weighted by atomic mass is 35.5. The number of thiophene rings is 1. The van der Waals surface area contributed by atoms with Crippen LogP contribution in [-0.4, -0.2) is 29.4 Å². The molecule has 5 nitrogen and oxygen atoms in total. The number of nitrogens with zero attached hydrogens (tertiary/aromatic N) is 1. The van der Waals surface area contributed by atoms with E-state index in [1.165, 1.54) is 17.6 Å². The van der Waals surface area contributed by atoms with Crippen molar-refractivity contribution in [3.63, 3.8) is 0 Å². The summed E-state index contributed by atoms with van der Waals surface area (Å²) in [7, 11) is 0. The molecule has 0 saturated carbocycles. The van der Waals surface area contributed by atoms with Crippen LogP contribution >= 0.6 is 22.9 Å². The second-order valence-electron chi connectivity index (χ2n) is 5.30. The number of likely N-dealkylation sites (tertiary alicyclic amines) is 1. The van der Waals surface area contributed by atoms with Gasteiger partial charge in [0.05, 0.1) is 10.6 Å². The predicted octanol–water partition coefficient (Wildman–Crippen LogP) is 3.73. The molecule has 0 aromatic carbocycles. The third-order valence-electron chi connectivity index (χ3n) is 3.75. The lowest BCUT2D eigenvalue weighted by Gasteiger charge is -2.33. The maximum Gasteiger partial charge on any atom is 0.329 e. The van der Waals surface area contributed by atoms with Crippen molar-refractivity contribution < 1.29 is 18.7 Å². The minimum Gasteiger partial charge on any atom is -0.459 e. The first-order valence-electron chi connectivity index (χ1n) is 7.40. The summed E-state index contributed by atoms with van der Waals surface area (Å²) in [5, 5.41) is 0. The van der Waals surface area contributed by atoms with Crippen LogP contribution < -0.4 is 0 Å². The number of rotatable bonds is 4. The average Bonchev–Trinajstić information content (AvgIpc) is 3.23. The predicted molar refractivity (Wildman–Crippen MR) is 86.5 cm³/mol. The van der Waals surface area contributed by atoms with Gasteiger partial charge >= 0.3 is 5.97 Å². The zero-order chi connectivity index (χ0) is 16.2. The van der Waals surface area contributed by atoms with Gasteiger partial charge in [-0.25, -0.2) is 4.79 Å². The number of halogens is 1. The molecule has 0 N–H and O–H groups in total. The molecule has 0 spiro atoms. The number of ether oxygens (including phenoxy) is 1. The van der Waals surface area contributed by atoms with E-state index < -0.39 is 6.04 Å². The molecule has 0 unspecified atom stereocenters. The first-order valence-corrected chi connectivity index (χ1v) is 8.60. The van der Waals surface area contributed by atoms with E-state index in [4.69, 9.17) is 20.8 Å². The number of hydrogen-bond acceptors (Lipinski definition) is 5. The molecule has 1 amide bonds. The highest BCUT2D eigenvalue weighted by Crippen LogP contribution is 2.24. The number of carbonyl (C=O) groups is 2. The lowest BCUT2D eigenvalue weighted by Crippen LogP contribution is -2.48. The Bertz CT molecular complexity index is 682. The molecule has 23 heavy (non-hydrogen) atoms. The molecule has 3 rings (SSSR count). The van der Waals surface area contributed by atoms with Gasteiger partial charge in [0.1, 0.15) is 12.6 Å². The second-order valence-corrected chi connectivity index (χ2v) is 7.10. The van der Waals surface area contributed by atoms with Crippen molar-refractivity contribution in [2.45, 2.75) is 31.9 Å². The summed E-state index contributed by atoms with van der Waals surface area (Å²) >= 11 is 7.24. The molecule has 2 aromatic heterocycles. The summed E-state index contributed by atoms with van der Waals surface area (Å²) in [5.41, 5.74) is 0. The molecular formula is C16H16ClNO4S. The molecule has 0 aliphatic carbocycles. The normalized spacial score (nSPS) is 18.0. The summed E-state index contributed by atoms with van der Waals surface area (Å²) in [5.74, 6) is -0.403. The third kappa shape index (κ3) is 3.76. The third-order valence-corrected chi connectivity index (χ3v) is 4.96. The topological polar surface area (TPSA) is 59.8 Å². The van der Waals surface area contributed by atoms with Crippen LogP contribution in [0.2, 0.25) is 4.34 Å². The molecule has 1 saturated heterocycles. The fourth-order valence-corrected chi connectivity index (χ4v) is 3.63. The van der Waals surface area contributed by atoms with E-state index in [0.717, 1.165) is 17.7 Å². The molecule has 1 atom stereocenters. The fraction of sp³-hybridized carbons (Fsp3) is 0.375. The Morgan fingerprint density at radius 3 is 2.91 bits per heavy atom. The van der Waals surface area contributed by atoms with Gasteiger partial charge in [-0.05, 0) is 43.5 Å². The second kappa shape index (κ2) is 7.19. The Morgan fingerprint density at radius 2 is 2.22 bits per heavy atom. The molecular weight excluding hydrogens is 338 g/mol. The van der Waals surface area contributed by atoms with E-state index in [0.29, 0.717) is 17.3 Å². The molecule has 3 heterocycles. The van der Waals surface area contributed by atoms with Crippen LogP contribution in [0.3, 0.4) is 0 Å². The number of furan rings is 1. The monoisotopic (exact) mass is 353 g/mol. The Kier molecular flexibility index (Phi) is 5.03. The van der Waals surface area contributed by atoms with Crippen LogP contribution in [0.5, 0.6) is 0 Å². The molecule has 1 fully saturated rings. The smallest absolute Gasteiger partial charge is 0.329 e. The average molecular weight is 354 g/mol. The minimum atomic E-state index is -0.559. The van der Waals surface area contributed by atoms with Gasteiger partial charge in [-0.1, -0.05) is 11.6 Å². The summed E-state index contributed by atoms with van der Waals surface area (Å²) in [6.07, 6.45) is 3.82. The van der Waals surface area contributed by atoms with Crippen molar-refractivity contribution in [1.82, 2.24) is 4.90 Å². The number of hydrogen-bond donors (Lipinski definition) is 0. The van der Waals surface area contributed by atoms with Gasteiger partial charge < -0.3 is 14.1 Å². The van der Waals surface area contributed by atoms with Gasteiger partial charge in [-0.2, -0.15) is 0 Å². The Labute approximate surface area is 142 Å². The summed E-state index contributed by atoms with van der Waals surface area (Å²) < 4.78 is 11.2. The standard InChI is InChI=1S/C16H16ClNO4S/c17-14-7-6-11(23-14)10-22-16(20)12-4-1-2-8-18(12)15(19)13-5-3-9-21-13/h3,5-7,9,12H,1-2,4,8,10H2/t12-/m0/s1. The van der Waals surface area contributed by atoms with E-state index in [1.54, 1.807) is 23.1 Å². The molecule has 2 aromatic rings. The van der Waals surface area contributed by atoms with E-state index in [9.17, 15) is 9.59 Å². The van der Waals surface area contributed by atoms with Crippen LogP contribution in [0.4, 0.5) is 0 Å². The molecule has 122 valence electrons. The zero-order valence-electron chi connectivity index (χ0n) is 12.4. The molecule has 1 aliphatic rings. The van der Waals surface area contributed by atoms with Gasteiger partial charge in [0.15, 0.2) is 5.76 Å². The van der Waals surface area contributed by atoms with E-state index in [2.05, 4.69) is 0 Å².